The Labute approximate surface area is 290 Å². The van der Waals surface area contributed by atoms with Crippen LogP contribution in [-0.4, -0.2) is 68.5 Å². The summed E-state index contributed by atoms with van der Waals surface area (Å²) >= 11 is 0. The molecule has 278 valence electrons. The van der Waals surface area contributed by atoms with E-state index >= 15 is 0 Å². The molecule has 47 heavy (non-hydrogen) atoms. The average molecular weight is 687 g/mol. The Hall–Kier alpha value is -1.02. The number of hydrogen-bond acceptors (Lipinski definition) is 6. The molecule has 0 saturated heterocycles. The first-order valence-electron chi connectivity index (χ1n) is 19.2. The Morgan fingerprint density at radius 3 is 1.68 bits per heavy atom. The summed E-state index contributed by atoms with van der Waals surface area (Å²) < 4.78 is 22.7. The van der Waals surface area contributed by atoms with Crippen molar-refractivity contribution in [1.82, 2.24) is 5.32 Å². The zero-order chi connectivity index (χ0) is 35.1. The third-order valence-electron chi connectivity index (χ3n) is 8.38. The van der Waals surface area contributed by atoms with Gasteiger partial charge in [0.15, 0.2) is 0 Å². The predicted molar refractivity (Wildman–Crippen MR) is 196 cm³/mol. The van der Waals surface area contributed by atoms with Crippen molar-refractivity contribution in [3.63, 3.8) is 0 Å². The number of nitrogens with zero attached hydrogens (tertiary/aromatic N) is 1. The van der Waals surface area contributed by atoms with Gasteiger partial charge in [-0.3, -0.25) is 9.36 Å². The van der Waals surface area contributed by atoms with Gasteiger partial charge in [0, 0.05) is 6.42 Å². The van der Waals surface area contributed by atoms with Gasteiger partial charge in [-0.1, -0.05) is 147 Å². The van der Waals surface area contributed by atoms with Crippen molar-refractivity contribution in [2.45, 2.75) is 174 Å². The van der Waals surface area contributed by atoms with Crippen molar-refractivity contribution in [1.29, 1.82) is 0 Å². The Morgan fingerprint density at radius 2 is 1.19 bits per heavy atom. The standard InChI is InChI=1S/C38H75N2O6P/c1-6-8-9-10-11-12-13-14-15-16-17-18-19-20-21-22-23-24-25-26-27-28-29-30-32-37(41)36(39-38(42)31-7-2)35-46-47(43,44)45-34-33-40(3,4)5/h26-27,30,32,36-37,41H,6-25,28-29,31,33-35H2,1-5H3,(H-,39,42,43,44)/b27-26+,32-30+. The van der Waals surface area contributed by atoms with Crippen LogP contribution in [0.4, 0.5) is 0 Å². The van der Waals surface area contributed by atoms with Crippen LogP contribution in [0.5, 0.6) is 0 Å². The molecule has 3 atom stereocenters. The van der Waals surface area contributed by atoms with Gasteiger partial charge in [-0.15, -0.1) is 0 Å². The molecule has 0 aromatic carbocycles. The van der Waals surface area contributed by atoms with Gasteiger partial charge in [0.25, 0.3) is 7.82 Å². The highest BCUT2D eigenvalue weighted by Crippen LogP contribution is 2.38. The van der Waals surface area contributed by atoms with Crippen LogP contribution in [0.25, 0.3) is 0 Å². The Bertz CT molecular complexity index is 829. The van der Waals surface area contributed by atoms with Crippen molar-refractivity contribution in [3.05, 3.63) is 24.3 Å². The van der Waals surface area contributed by atoms with Crippen molar-refractivity contribution >= 4 is 13.7 Å². The van der Waals surface area contributed by atoms with Crippen molar-refractivity contribution in [3.8, 4) is 0 Å². The predicted octanol–water partition coefficient (Wildman–Crippen LogP) is 9.16. The normalized spacial score (nSPS) is 15.0. The number of hydrogen-bond donors (Lipinski definition) is 2. The molecule has 9 heteroatoms. The van der Waals surface area contributed by atoms with E-state index in [2.05, 4.69) is 24.4 Å². The fourth-order valence-electron chi connectivity index (χ4n) is 5.33. The number of phosphoric ester groups is 1. The number of aliphatic hydroxyl groups is 1. The minimum atomic E-state index is -4.56. The third kappa shape index (κ3) is 33.3. The molecule has 0 aliphatic carbocycles. The monoisotopic (exact) mass is 687 g/mol. The summed E-state index contributed by atoms with van der Waals surface area (Å²) in [7, 11) is 1.24. The summed E-state index contributed by atoms with van der Waals surface area (Å²) in [6.45, 7) is 4.25. The topological polar surface area (TPSA) is 108 Å². The van der Waals surface area contributed by atoms with E-state index in [0.29, 0.717) is 17.4 Å². The van der Waals surface area contributed by atoms with Crippen LogP contribution < -0.4 is 10.2 Å². The molecule has 0 aromatic heterocycles. The number of quaternary nitrogens is 1. The maximum absolute atomic E-state index is 12.2. The van der Waals surface area contributed by atoms with Crippen molar-refractivity contribution < 1.29 is 32.9 Å². The quantitative estimate of drug-likeness (QED) is 0.0303. The molecular weight excluding hydrogens is 611 g/mol. The van der Waals surface area contributed by atoms with Crippen LogP contribution in [-0.2, 0) is 18.4 Å². The van der Waals surface area contributed by atoms with Crippen LogP contribution in [0.3, 0.4) is 0 Å². The number of aliphatic hydroxyl groups excluding tert-OH is 1. The summed E-state index contributed by atoms with van der Waals surface area (Å²) in [4.78, 5) is 24.3. The molecule has 3 unspecified atom stereocenters. The fraction of sp³-hybridized carbons (Fsp3) is 0.868. The summed E-state index contributed by atoms with van der Waals surface area (Å²) in [6, 6.07) is -0.894. The van der Waals surface area contributed by atoms with Gasteiger partial charge in [-0.05, 0) is 32.1 Å². The van der Waals surface area contributed by atoms with E-state index in [1.54, 1.807) is 6.08 Å². The third-order valence-corrected chi connectivity index (χ3v) is 9.35. The number of carbonyl (C=O) groups is 1. The van der Waals surface area contributed by atoms with E-state index in [4.69, 9.17) is 9.05 Å². The van der Waals surface area contributed by atoms with Gasteiger partial charge in [0.05, 0.1) is 39.9 Å². The van der Waals surface area contributed by atoms with Gasteiger partial charge in [-0.25, -0.2) is 0 Å². The van der Waals surface area contributed by atoms with Gasteiger partial charge >= 0.3 is 0 Å². The molecule has 2 N–H and O–H groups in total. The maximum atomic E-state index is 12.2. The number of nitrogens with one attached hydrogen (secondary N) is 1. The smallest absolute Gasteiger partial charge is 0.268 e. The molecule has 0 saturated carbocycles. The summed E-state index contributed by atoms with van der Waals surface area (Å²) in [5.74, 6) is -0.261. The first-order valence-corrected chi connectivity index (χ1v) is 20.7. The summed E-state index contributed by atoms with van der Waals surface area (Å²) in [6.07, 6.45) is 35.4. The van der Waals surface area contributed by atoms with Gasteiger partial charge in [0.1, 0.15) is 13.2 Å². The molecule has 1 amide bonds. The maximum Gasteiger partial charge on any atom is 0.268 e. The van der Waals surface area contributed by atoms with Gasteiger partial charge < -0.3 is 28.8 Å². The molecule has 0 aliphatic heterocycles. The molecular formula is C38H75N2O6P. The van der Waals surface area contributed by atoms with E-state index in [1.165, 1.54) is 116 Å². The zero-order valence-corrected chi connectivity index (χ0v) is 32.1. The number of rotatable bonds is 34. The molecule has 0 radical (unpaired) electrons. The van der Waals surface area contributed by atoms with Crippen LogP contribution in [0.2, 0.25) is 0 Å². The van der Waals surface area contributed by atoms with Crippen LogP contribution >= 0.6 is 7.82 Å². The number of allylic oxidation sites excluding steroid dienone is 3. The van der Waals surface area contributed by atoms with E-state index in [1.807, 2.05) is 34.1 Å². The molecule has 0 bridgehead atoms. The number of unbranched alkanes of at least 4 members (excludes halogenated alkanes) is 19. The van der Waals surface area contributed by atoms with Crippen molar-refractivity contribution in [2.75, 3.05) is 40.9 Å². The van der Waals surface area contributed by atoms with Crippen LogP contribution in [0.15, 0.2) is 24.3 Å². The van der Waals surface area contributed by atoms with E-state index in [-0.39, 0.29) is 18.9 Å². The van der Waals surface area contributed by atoms with Crippen LogP contribution in [0, 0.1) is 0 Å². The second-order valence-corrected chi connectivity index (χ2v) is 15.7. The lowest BCUT2D eigenvalue weighted by molar-refractivity contribution is -0.870. The van der Waals surface area contributed by atoms with Crippen LogP contribution in [0.1, 0.15) is 162 Å². The minimum Gasteiger partial charge on any atom is -0.756 e. The second-order valence-electron chi connectivity index (χ2n) is 14.3. The van der Waals surface area contributed by atoms with E-state index < -0.39 is 26.6 Å². The molecule has 0 fully saturated rings. The highest BCUT2D eigenvalue weighted by molar-refractivity contribution is 7.45. The molecule has 0 aliphatic rings. The number of phosphoric acid groups is 1. The number of carbonyl (C=O) groups excluding carboxylic acids is 1. The molecule has 0 aromatic rings. The molecule has 0 spiro atoms. The summed E-state index contributed by atoms with van der Waals surface area (Å²) in [5, 5.41) is 13.3. The highest BCUT2D eigenvalue weighted by Gasteiger charge is 2.22. The number of likely N-dealkylation sites (N-methyl/N-ethyl adjacent to an activating group) is 1. The minimum absolute atomic E-state index is 0.00729. The highest BCUT2D eigenvalue weighted by atomic mass is 31.2. The molecule has 8 nitrogen and oxygen atoms in total. The summed E-state index contributed by atoms with van der Waals surface area (Å²) in [5.41, 5.74) is 0. The SMILES string of the molecule is CCCCCCCCCCCCCCCCCCCC/C=C/CC/C=C/C(O)C(COP(=O)([O-])OCC[N+](C)(C)C)NC(=O)CCC. The first-order chi connectivity index (χ1) is 22.5. The zero-order valence-electron chi connectivity index (χ0n) is 31.2. The van der Waals surface area contributed by atoms with Crippen molar-refractivity contribution in [2.24, 2.45) is 0 Å². The first kappa shape index (κ1) is 46.0. The molecule has 0 heterocycles. The largest absolute Gasteiger partial charge is 0.756 e. The lowest BCUT2D eigenvalue weighted by atomic mass is 10.0. The van der Waals surface area contributed by atoms with E-state index in [0.717, 1.165) is 19.3 Å². The van der Waals surface area contributed by atoms with Gasteiger partial charge in [0.2, 0.25) is 5.91 Å². The fourth-order valence-corrected chi connectivity index (χ4v) is 6.05. The number of amides is 1. The molecule has 0 rings (SSSR count). The lowest BCUT2D eigenvalue weighted by Gasteiger charge is -2.29. The van der Waals surface area contributed by atoms with E-state index in [9.17, 15) is 19.4 Å². The second kappa shape index (κ2) is 31.0. The van der Waals surface area contributed by atoms with Gasteiger partial charge in [-0.2, -0.15) is 0 Å². The Morgan fingerprint density at radius 1 is 0.723 bits per heavy atom. The lowest BCUT2D eigenvalue weighted by Crippen LogP contribution is -2.45. The average Bonchev–Trinajstić information content (AvgIpc) is 3.00. The Balaban J connectivity index is 3.97. The Kier molecular flexibility index (Phi) is 30.3.